The number of fused-ring (bicyclic) bond motifs is 1. The van der Waals surface area contributed by atoms with E-state index >= 15 is 0 Å². The highest BCUT2D eigenvalue weighted by molar-refractivity contribution is 8.01. The van der Waals surface area contributed by atoms with Gasteiger partial charge in [0.15, 0.2) is 10.3 Å². The average molecular weight is 468 g/mol. The lowest BCUT2D eigenvalue weighted by molar-refractivity contribution is -0.150. The number of ketones is 1. The summed E-state index contributed by atoms with van der Waals surface area (Å²) in [6, 6.07) is -1.000. The van der Waals surface area contributed by atoms with Gasteiger partial charge in [0, 0.05) is 16.9 Å². The first-order valence-electron chi connectivity index (χ1n) is 8.31. The van der Waals surface area contributed by atoms with Gasteiger partial charge in [0.25, 0.3) is 17.6 Å². The molecule has 12 nitrogen and oxygen atoms in total. The number of nitrogens with two attached hydrogens (primary N) is 1. The molecule has 0 saturated carbocycles. The predicted molar refractivity (Wildman–Crippen MR) is 108 cm³/mol. The van der Waals surface area contributed by atoms with Crippen molar-refractivity contribution in [2.75, 3.05) is 17.2 Å². The standard InChI is InChI=1S/C15H13N7O5S3/c16-14-19-6(3-29-14)9(23)10(24)20-7-11(25)22-8(13(26)27)5(1-28-12(7)22)2-30-15-17-4-18-21-15/h3-4,7,12H,1-2H2,(H2,16,19)(H,20,24)(H,26,27)(H,17,18,21)/t7?,12-/m0/s1. The third-order valence-corrected chi connectivity index (χ3v) is 7.25. The maximum absolute atomic E-state index is 12.6. The fourth-order valence-corrected chi connectivity index (χ4v) is 5.74. The quantitative estimate of drug-likeness (QED) is 0.179. The molecule has 2 aromatic heterocycles. The number of carbonyl (C=O) groups excluding carboxylic acids is 3. The van der Waals surface area contributed by atoms with Gasteiger partial charge in [0.05, 0.1) is 0 Å². The van der Waals surface area contributed by atoms with Gasteiger partial charge in [-0.1, -0.05) is 11.8 Å². The molecule has 2 atom stereocenters. The third-order valence-electron chi connectivity index (χ3n) is 4.27. The van der Waals surface area contributed by atoms with Crippen molar-refractivity contribution in [2.24, 2.45) is 0 Å². The number of nitrogens with one attached hydrogen (secondary N) is 2. The van der Waals surface area contributed by atoms with Crippen LogP contribution in [0, 0.1) is 0 Å². The second-order valence-electron chi connectivity index (χ2n) is 6.10. The highest BCUT2D eigenvalue weighted by Crippen LogP contribution is 2.41. The molecule has 2 aliphatic rings. The summed E-state index contributed by atoms with van der Waals surface area (Å²) >= 11 is 3.59. The zero-order valence-corrected chi connectivity index (χ0v) is 17.3. The molecule has 2 aromatic rings. The zero-order chi connectivity index (χ0) is 21.4. The van der Waals surface area contributed by atoms with Crippen molar-refractivity contribution in [1.29, 1.82) is 0 Å². The number of hydrogen-bond donors (Lipinski definition) is 4. The fraction of sp³-hybridized carbons (Fsp3) is 0.267. The Balaban J connectivity index is 1.46. The summed E-state index contributed by atoms with van der Waals surface area (Å²) in [5.41, 5.74) is 5.80. The number of rotatable bonds is 7. The number of β-lactam (4-membered cyclic amide) rings is 1. The van der Waals surface area contributed by atoms with Crippen LogP contribution < -0.4 is 11.1 Å². The largest absolute Gasteiger partial charge is 0.477 e. The molecule has 30 heavy (non-hydrogen) atoms. The van der Waals surface area contributed by atoms with E-state index in [1.165, 1.54) is 35.2 Å². The number of thioether (sulfide) groups is 2. The van der Waals surface area contributed by atoms with Crippen molar-refractivity contribution in [3.05, 3.63) is 28.7 Å². The first-order chi connectivity index (χ1) is 14.4. The van der Waals surface area contributed by atoms with Gasteiger partial charge in [-0.3, -0.25) is 24.4 Å². The number of hydrogen-bond acceptors (Lipinski definition) is 11. The van der Waals surface area contributed by atoms with Gasteiger partial charge in [-0.15, -0.1) is 23.1 Å². The Kier molecular flexibility index (Phi) is 5.48. The molecule has 0 bridgehead atoms. The smallest absolute Gasteiger partial charge is 0.352 e. The summed E-state index contributed by atoms with van der Waals surface area (Å²) in [6.07, 6.45) is 1.34. The monoisotopic (exact) mass is 467 g/mol. The highest BCUT2D eigenvalue weighted by atomic mass is 32.2. The second kappa shape index (κ2) is 8.08. The van der Waals surface area contributed by atoms with Crippen LogP contribution in [0.2, 0.25) is 0 Å². The van der Waals surface area contributed by atoms with Gasteiger partial charge < -0.3 is 16.2 Å². The number of carbonyl (C=O) groups is 4. The van der Waals surface area contributed by atoms with Crippen LogP contribution in [0.5, 0.6) is 0 Å². The van der Waals surface area contributed by atoms with Crippen LogP contribution in [0.25, 0.3) is 0 Å². The van der Waals surface area contributed by atoms with E-state index in [4.69, 9.17) is 5.73 Å². The molecule has 4 heterocycles. The number of aliphatic carboxylic acids is 1. The molecule has 2 amide bonds. The van der Waals surface area contributed by atoms with Gasteiger partial charge in [0.2, 0.25) is 0 Å². The van der Waals surface area contributed by atoms with Gasteiger partial charge in [-0.25, -0.2) is 14.8 Å². The van der Waals surface area contributed by atoms with Crippen molar-refractivity contribution in [2.45, 2.75) is 16.6 Å². The van der Waals surface area contributed by atoms with Crippen LogP contribution in [0.4, 0.5) is 5.13 Å². The number of Topliss-reactive ketones (excluding diaryl/α,β-unsaturated/α-hetero) is 1. The minimum absolute atomic E-state index is 0.104. The number of carboxylic acids is 1. The summed E-state index contributed by atoms with van der Waals surface area (Å²) in [5, 5.41) is 19.8. The van der Waals surface area contributed by atoms with Gasteiger partial charge in [0.1, 0.15) is 29.1 Å². The summed E-state index contributed by atoms with van der Waals surface area (Å²) in [5.74, 6) is -3.08. The maximum Gasteiger partial charge on any atom is 0.352 e. The van der Waals surface area contributed by atoms with E-state index in [1.807, 2.05) is 0 Å². The number of carboxylic acid groups (broad SMARTS) is 1. The van der Waals surface area contributed by atoms with E-state index in [0.29, 0.717) is 22.2 Å². The lowest BCUT2D eigenvalue weighted by atomic mass is 10.0. The summed E-state index contributed by atoms with van der Waals surface area (Å²) in [4.78, 5) is 57.7. The number of aromatic nitrogens is 4. The van der Waals surface area contributed by atoms with E-state index < -0.39 is 35.0 Å². The molecule has 0 aromatic carbocycles. The van der Waals surface area contributed by atoms with Crippen LogP contribution in [-0.2, 0) is 14.4 Å². The SMILES string of the molecule is Nc1nc(C(=O)C(=O)NC2C(=O)N3C(C(=O)O)=C(CSc4ncn[nH]4)CS[C@@H]23)cs1. The van der Waals surface area contributed by atoms with E-state index in [0.717, 1.165) is 16.2 Å². The fourth-order valence-electron chi connectivity index (χ4n) is 2.93. The van der Waals surface area contributed by atoms with Crippen LogP contribution >= 0.6 is 34.9 Å². The molecular formula is C15H13N7O5S3. The molecule has 1 fully saturated rings. The Morgan fingerprint density at radius 1 is 1.43 bits per heavy atom. The summed E-state index contributed by atoms with van der Waals surface area (Å²) in [6.45, 7) is 0. The highest BCUT2D eigenvalue weighted by Gasteiger charge is 2.54. The molecule has 2 aliphatic heterocycles. The molecule has 4 rings (SSSR count). The van der Waals surface area contributed by atoms with Gasteiger partial charge >= 0.3 is 5.97 Å². The van der Waals surface area contributed by atoms with E-state index in [2.05, 4.69) is 25.5 Å². The maximum atomic E-state index is 12.6. The number of H-pyrrole nitrogens is 1. The minimum Gasteiger partial charge on any atom is -0.477 e. The number of amides is 2. The first kappa shape index (κ1) is 20.4. The lowest BCUT2D eigenvalue weighted by Crippen LogP contribution is -2.71. The minimum atomic E-state index is -1.24. The molecule has 0 aliphatic carbocycles. The predicted octanol–water partition coefficient (Wildman–Crippen LogP) is -0.443. The molecule has 156 valence electrons. The zero-order valence-electron chi connectivity index (χ0n) is 14.9. The molecule has 5 N–H and O–H groups in total. The van der Waals surface area contributed by atoms with Crippen LogP contribution in [0.3, 0.4) is 0 Å². The Morgan fingerprint density at radius 2 is 2.23 bits per heavy atom. The normalized spacial score (nSPS) is 20.5. The number of nitrogens with zero attached hydrogens (tertiary/aromatic N) is 4. The molecule has 0 spiro atoms. The topological polar surface area (TPSA) is 184 Å². The van der Waals surface area contributed by atoms with Crippen LogP contribution in [-0.4, -0.2) is 76.7 Å². The molecule has 0 radical (unpaired) electrons. The second-order valence-corrected chi connectivity index (χ2v) is 9.06. The molecule has 15 heteroatoms. The first-order valence-corrected chi connectivity index (χ1v) is 11.2. The Morgan fingerprint density at radius 3 is 2.87 bits per heavy atom. The van der Waals surface area contributed by atoms with Crippen molar-refractivity contribution in [3.8, 4) is 0 Å². The lowest BCUT2D eigenvalue weighted by Gasteiger charge is -2.49. The van der Waals surface area contributed by atoms with E-state index in [1.54, 1.807) is 0 Å². The number of nitrogen functional groups attached to an aromatic ring is 1. The molecule has 1 saturated heterocycles. The van der Waals surface area contributed by atoms with Crippen molar-refractivity contribution >= 4 is 63.6 Å². The Bertz CT molecular complexity index is 1070. The van der Waals surface area contributed by atoms with Crippen molar-refractivity contribution in [3.63, 3.8) is 0 Å². The summed E-state index contributed by atoms with van der Waals surface area (Å²) < 4.78 is 0. The molecule has 1 unspecified atom stereocenters. The Hall–Kier alpha value is -2.91. The van der Waals surface area contributed by atoms with Gasteiger partial charge in [-0.05, 0) is 5.57 Å². The number of thiazole rings is 1. The van der Waals surface area contributed by atoms with Crippen LogP contribution in [0.1, 0.15) is 10.5 Å². The van der Waals surface area contributed by atoms with Gasteiger partial charge in [-0.2, -0.15) is 5.10 Å². The average Bonchev–Trinajstić information content (AvgIpc) is 3.40. The third kappa shape index (κ3) is 3.66. The molecular weight excluding hydrogens is 454 g/mol. The number of anilines is 1. The van der Waals surface area contributed by atoms with Crippen molar-refractivity contribution in [1.82, 2.24) is 30.4 Å². The van der Waals surface area contributed by atoms with Crippen molar-refractivity contribution < 1.29 is 24.3 Å². The van der Waals surface area contributed by atoms with Crippen LogP contribution in [0.15, 0.2) is 28.1 Å². The Labute approximate surface area is 180 Å². The van der Waals surface area contributed by atoms with E-state index in [-0.39, 0.29) is 16.5 Å². The number of aromatic amines is 1. The summed E-state index contributed by atoms with van der Waals surface area (Å²) in [7, 11) is 0. The van der Waals surface area contributed by atoms with E-state index in [9.17, 15) is 24.3 Å².